The molecule has 0 fully saturated rings. The summed E-state index contributed by atoms with van der Waals surface area (Å²) in [5.74, 6) is 0. The average Bonchev–Trinajstić information content (AvgIpc) is 2.72. The Bertz CT molecular complexity index is 1140. The van der Waals surface area contributed by atoms with Crippen LogP contribution in [0.3, 0.4) is 0 Å². The van der Waals surface area contributed by atoms with Crippen LogP contribution < -0.4 is 0 Å². The second kappa shape index (κ2) is 9.59. The van der Waals surface area contributed by atoms with E-state index in [4.69, 9.17) is 0 Å². The van der Waals surface area contributed by atoms with E-state index in [0.717, 1.165) is 16.7 Å². The van der Waals surface area contributed by atoms with Crippen molar-refractivity contribution in [3.8, 4) is 0 Å². The van der Waals surface area contributed by atoms with Gasteiger partial charge in [0.25, 0.3) is 0 Å². The molecule has 0 unspecified atom stereocenters. The molecule has 3 nitrogen and oxygen atoms in total. The summed E-state index contributed by atoms with van der Waals surface area (Å²) in [5.41, 5.74) is 3.49. The summed E-state index contributed by atoms with van der Waals surface area (Å²) in [6.45, 7) is 5.43. The molecule has 0 saturated heterocycles. The van der Waals surface area contributed by atoms with Gasteiger partial charge in [-0.25, -0.2) is 14.4 Å². The van der Waals surface area contributed by atoms with E-state index >= 15 is 0 Å². The van der Waals surface area contributed by atoms with E-state index in [1.54, 1.807) is 36.4 Å². The third kappa shape index (κ3) is 8.96. The van der Waals surface area contributed by atoms with Crippen LogP contribution in [0, 0.1) is 20.8 Å². The van der Waals surface area contributed by atoms with Crippen molar-refractivity contribution in [3.05, 3.63) is 106 Å². The number of hydrogen-bond donors (Lipinski definition) is 0. The molecule has 3 aromatic carbocycles. The van der Waals surface area contributed by atoms with Gasteiger partial charge in [-0.2, -0.15) is 0 Å². The predicted molar refractivity (Wildman–Crippen MR) is 127 cm³/mol. The third-order valence-electron chi connectivity index (χ3n) is 4.65. The standard InChI is InChI=1S/C24H21O3S.F6P/c1-16-10-4-7-13-19(16)22(25)28(23(26)20-14-8-5-11-17(20)2)24(27)21-15-9-6-12-18(21)3;1-7(2,3,4,5)6/h4-15H,1-3H3;/q+1;-1. The molecule has 0 aromatic heterocycles. The Labute approximate surface area is 200 Å². The molecule has 11 heteroatoms. The second-order valence-electron chi connectivity index (χ2n) is 7.57. The van der Waals surface area contributed by atoms with E-state index < -0.39 is 34.0 Å². The van der Waals surface area contributed by atoms with Gasteiger partial charge in [-0.1, -0.05) is 54.6 Å². The van der Waals surface area contributed by atoms with Crippen LogP contribution in [0.2, 0.25) is 0 Å². The monoisotopic (exact) mass is 534 g/mol. The molecular formula is C24H21F6O3PS. The first-order valence-electron chi connectivity index (χ1n) is 9.97. The molecule has 188 valence electrons. The quantitative estimate of drug-likeness (QED) is 0.193. The van der Waals surface area contributed by atoms with Gasteiger partial charge in [0.05, 0.1) is 16.7 Å². The summed E-state index contributed by atoms with van der Waals surface area (Å²) < 4.78 is 59.2. The molecule has 0 amide bonds. The Hall–Kier alpha value is -2.97. The molecule has 3 aromatic rings. The maximum absolute atomic E-state index is 13.4. The number of halogens is 6. The molecule has 35 heavy (non-hydrogen) atoms. The van der Waals surface area contributed by atoms with Crippen molar-refractivity contribution in [1.82, 2.24) is 0 Å². The predicted octanol–water partition coefficient (Wildman–Crippen LogP) is 8.43. The van der Waals surface area contributed by atoms with Gasteiger partial charge in [-0.3, -0.25) is 0 Å². The second-order valence-corrected chi connectivity index (χ2v) is 11.2. The zero-order chi connectivity index (χ0) is 26.7. The van der Waals surface area contributed by atoms with Gasteiger partial charge in [0.15, 0.2) is 0 Å². The van der Waals surface area contributed by atoms with E-state index in [0.29, 0.717) is 16.7 Å². The fraction of sp³-hybridized carbons (Fsp3) is 0.125. The third-order valence-corrected chi connectivity index (χ3v) is 6.42. The molecule has 0 N–H and O–H groups in total. The van der Waals surface area contributed by atoms with Crippen LogP contribution in [-0.4, -0.2) is 15.3 Å². The number of carbonyl (C=O) groups excluding carboxylic acids is 3. The van der Waals surface area contributed by atoms with Gasteiger partial charge < -0.3 is 0 Å². The van der Waals surface area contributed by atoms with Gasteiger partial charge in [0.2, 0.25) is 10.9 Å². The van der Waals surface area contributed by atoms with E-state index in [-0.39, 0.29) is 0 Å². The fourth-order valence-corrected chi connectivity index (χ4v) is 4.84. The number of hydrogen-bond acceptors (Lipinski definition) is 3. The first-order chi connectivity index (χ1) is 15.9. The van der Waals surface area contributed by atoms with Gasteiger partial charge >= 0.3 is 48.3 Å². The summed E-state index contributed by atoms with van der Waals surface area (Å²) in [6.07, 6.45) is 0. The van der Waals surface area contributed by atoms with Crippen LogP contribution in [0.15, 0.2) is 72.8 Å². The SMILES string of the molecule is Cc1ccccc1C(=O)[S+](C(=O)c1ccccc1C)C(=O)c1ccccc1C.F[P-](F)(F)(F)(F)F. The Morgan fingerprint density at radius 1 is 0.514 bits per heavy atom. The first kappa shape index (κ1) is 28.3. The summed E-state index contributed by atoms with van der Waals surface area (Å²) in [5, 5.41) is -1.29. The molecule has 0 spiro atoms. The molecule has 0 atom stereocenters. The van der Waals surface area contributed by atoms with E-state index in [9.17, 15) is 39.6 Å². The number of rotatable bonds is 3. The van der Waals surface area contributed by atoms with Gasteiger partial charge in [-0.05, 0) is 55.7 Å². The van der Waals surface area contributed by atoms with Crippen LogP contribution in [0.5, 0.6) is 0 Å². The fourth-order valence-electron chi connectivity index (χ4n) is 2.99. The normalized spacial score (nSPS) is 13.2. The van der Waals surface area contributed by atoms with Crippen LogP contribution in [0.4, 0.5) is 25.2 Å². The van der Waals surface area contributed by atoms with Crippen LogP contribution in [0.25, 0.3) is 0 Å². The molecule has 0 saturated carbocycles. The zero-order valence-electron chi connectivity index (χ0n) is 18.8. The van der Waals surface area contributed by atoms with Crippen molar-refractivity contribution < 1.29 is 39.6 Å². The van der Waals surface area contributed by atoms with Crippen LogP contribution in [0.1, 0.15) is 47.8 Å². The van der Waals surface area contributed by atoms with Gasteiger partial charge in [0.1, 0.15) is 0 Å². The average molecular weight is 534 g/mol. The molecule has 0 bridgehead atoms. The number of aryl methyl sites for hydroxylation is 3. The van der Waals surface area contributed by atoms with Crippen molar-refractivity contribution in [3.63, 3.8) is 0 Å². The Balaban J connectivity index is 0.000000540. The Morgan fingerprint density at radius 2 is 0.714 bits per heavy atom. The molecular weight excluding hydrogens is 513 g/mol. The van der Waals surface area contributed by atoms with Crippen molar-refractivity contribution in [2.45, 2.75) is 20.8 Å². The van der Waals surface area contributed by atoms with Crippen molar-refractivity contribution in [2.24, 2.45) is 0 Å². The minimum absolute atomic E-state index is 0.412. The van der Waals surface area contributed by atoms with Gasteiger partial charge in [-0.15, -0.1) is 0 Å². The molecule has 0 aliphatic carbocycles. The summed E-state index contributed by atoms with van der Waals surface area (Å²) in [6, 6.07) is 21.2. The summed E-state index contributed by atoms with van der Waals surface area (Å²) >= 11 is 0. The van der Waals surface area contributed by atoms with Crippen LogP contribution >= 0.6 is 7.81 Å². The van der Waals surface area contributed by atoms with E-state index in [2.05, 4.69) is 0 Å². The maximum atomic E-state index is 13.4. The summed E-state index contributed by atoms with van der Waals surface area (Å²) in [7, 11) is -12.4. The van der Waals surface area contributed by atoms with Crippen LogP contribution in [-0.2, 0) is 10.9 Å². The Kier molecular flexibility index (Phi) is 7.74. The molecule has 0 heterocycles. The molecule has 0 aliphatic rings. The van der Waals surface area contributed by atoms with E-state index in [1.807, 2.05) is 57.2 Å². The Morgan fingerprint density at radius 3 is 0.914 bits per heavy atom. The van der Waals surface area contributed by atoms with Crippen molar-refractivity contribution in [2.75, 3.05) is 0 Å². The first-order valence-corrected chi connectivity index (χ1v) is 13.2. The van der Waals surface area contributed by atoms with Gasteiger partial charge in [0, 0.05) is 0 Å². The summed E-state index contributed by atoms with van der Waals surface area (Å²) in [4.78, 5) is 40.2. The molecule has 0 aliphatic heterocycles. The number of benzene rings is 3. The minimum atomic E-state index is -10.7. The topological polar surface area (TPSA) is 51.2 Å². The molecule has 0 radical (unpaired) electrons. The number of carbonyl (C=O) groups is 3. The van der Waals surface area contributed by atoms with Crippen molar-refractivity contribution >= 4 is 34.0 Å². The molecule has 3 rings (SSSR count). The van der Waals surface area contributed by atoms with E-state index in [1.165, 1.54) is 0 Å². The zero-order valence-corrected chi connectivity index (χ0v) is 20.5. The van der Waals surface area contributed by atoms with Crippen molar-refractivity contribution in [1.29, 1.82) is 0 Å².